The largest absolute Gasteiger partial charge is 0.351 e. The SMILES string of the molecule is Cc1ccc2nc(/C(C#N)=C\c3cccn3C)[nH]c2c1. The molecular formula is C16H14N4. The number of aryl methyl sites for hydroxylation is 2. The Morgan fingerprint density at radius 1 is 1.40 bits per heavy atom. The predicted octanol–water partition coefficient (Wildman–Crippen LogP) is 3.27. The van der Waals surface area contributed by atoms with Gasteiger partial charge in [0.1, 0.15) is 11.9 Å². The molecule has 3 rings (SSSR count). The molecule has 0 unspecified atom stereocenters. The maximum Gasteiger partial charge on any atom is 0.149 e. The first-order valence-electron chi connectivity index (χ1n) is 6.37. The number of nitrogens with zero attached hydrogens (tertiary/aromatic N) is 3. The number of hydrogen-bond acceptors (Lipinski definition) is 2. The van der Waals surface area contributed by atoms with Crippen LogP contribution in [-0.2, 0) is 7.05 Å². The highest BCUT2D eigenvalue weighted by molar-refractivity contribution is 5.89. The van der Waals surface area contributed by atoms with Gasteiger partial charge in [-0.1, -0.05) is 6.07 Å². The van der Waals surface area contributed by atoms with E-state index in [1.54, 1.807) is 0 Å². The average Bonchev–Trinajstić information content (AvgIpc) is 3.01. The molecule has 1 aromatic carbocycles. The van der Waals surface area contributed by atoms with Gasteiger partial charge in [0.15, 0.2) is 0 Å². The first-order valence-corrected chi connectivity index (χ1v) is 6.37. The zero-order chi connectivity index (χ0) is 14.1. The van der Waals surface area contributed by atoms with Gasteiger partial charge in [-0.05, 0) is 42.8 Å². The lowest BCUT2D eigenvalue weighted by atomic mass is 10.2. The molecule has 0 saturated heterocycles. The quantitative estimate of drug-likeness (QED) is 0.720. The maximum atomic E-state index is 9.36. The van der Waals surface area contributed by atoms with Gasteiger partial charge in [0.25, 0.3) is 0 Å². The van der Waals surface area contributed by atoms with Crippen molar-refractivity contribution in [3.05, 3.63) is 53.6 Å². The van der Waals surface area contributed by atoms with Gasteiger partial charge in [0.2, 0.25) is 0 Å². The fraction of sp³-hybridized carbons (Fsp3) is 0.125. The minimum absolute atomic E-state index is 0.528. The van der Waals surface area contributed by atoms with Gasteiger partial charge in [-0.15, -0.1) is 0 Å². The van der Waals surface area contributed by atoms with Crippen molar-refractivity contribution in [2.45, 2.75) is 6.92 Å². The van der Waals surface area contributed by atoms with Crippen LogP contribution in [0.15, 0.2) is 36.5 Å². The van der Waals surface area contributed by atoms with Crippen molar-refractivity contribution in [2.75, 3.05) is 0 Å². The molecule has 0 amide bonds. The van der Waals surface area contributed by atoms with E-state index >= 15 is 0 Å². The van der Waals surface area contributed by atoms with Crippen molar-refractivity contribution >= 4 is 22.7 Å². The lowest BCUT2D eigenvalue weighted by Gasteiger charge is -1.97. The smallest absolute Gasteiger partial charge is 0.149 e. The van der Waals surface area contributed by atoms with Gasteiger partial charge in [-0.25, -0.2) is 4.98 Å². The molecule has 0 spiro atoms. The van der Waals surface area contributed by atoms with E-state index in [0.717, 1.165) is 22.3 Å². The van der Waals surface area contributed by atoms with E-state index in [-0.39, 0.29) is 0 Å². The Morgan fingerprint density at radius 2 is 2.25 bits per heavy atom. The van der Waals surface area contributed by atoms with Gasteiger partial charge >= 0.3 is 0 Å². The van der Waals surface area contributed by atoms with Crippen molar-refractivity contribution in [2.24, 2.45) is 7.05 Å². The molecular weight excluding hydrogens is 248 g/mol. The van der Waals surface area contributed by atoms with Gasteiger partial charge in [0.05, 0.1) is 16.6 Å². The molecule has 98 valence electrons. The summed E-state index contributed by atoms with van der Waals surface area (Å²) in [6.45, 7) is 2.03. The lowest BCUT2D eigenvalue weighted by molar-refractivity contribution is 0.915. The van der Waals surface area contributed by atoms with Crippen LogP contribution in [0.5, 0.6) is 0 Å². The van der Waals surface area contributed by atoms with E-state index < -0.39 is 0 Å². The Kier molecular flexibility index (Phi) is 2.88. The van der Waals surface area contributed by atoms with E-state index in [9.17, 15) is 5.26 Å². The van der Waals surface area contributed by atoms with Crippen LogP contribution < -0.4 is 0 Å². The summed E-state index contributed by atoms with van der Waals surface area (Å²) in [5.74, 6) is 0.606. The highest BCUT2D eigenvalue weighted by atomic mass is 14.9. The number of nitriles is 1. The predicted molar refractivity (Wildman–Crippen MR) is 79.7 cm³/mol. The molecule has 20 heavy (non-hydrogen) atoms. The third-order valence-electron chi connectivity index (χ3n) is 3.29. The molecule has 0 atom stereocenters. The minimum Gasteiger partial charge on any atom is -0.351 e. The average molecular weight is 262 g/mol. The van der Waals surface area contributed by atoms with E-state index in [1.807, 2.05) is 61.1 Å². The van der Waals surface area contributed by atoms with Crippen LogP contribution >= 0.6 is 0 Å². The number of rotatable bonds is 2. The van der Waals surface area contributed by atoms with Gasteiger partial charge < -0.3 is 9.55 Å². The number of fused-ring (bicyclic) bond motifs is 1. The summed E-state index contributed by atoms with van der Waals surface area (Å²) < 4.78 is 1.96. The summed E-state index contributed by atoms with van der Waals surface area (Å²) >= 11 is 0. The van der Waals surface area contributed by atoms with E-state index in [1.165, 1.54) is 0 Å². The second-order valence-corrected chi connectivity index (χ2v) is 4.82. The topological polar surface area (TPSA) is 57.4 Å². The second-order valence-electron chi connectivity index (χ2n) is 4.82. The van der Waals surface area contributed by atoms with E-state index in [0.29, 0.717) is 11.4 Å². The number of imidazole rings is 1. The molecule has 0 aliphatic heterocycles. The summed E-state index contributed by atoms with van der Waals surface area (Å²) in [6.07, 6.45) is 3.79. The molecule has 0 saturated carbocycles. The zero-order valence-electron chi connectivity index (χ0n) is 11.4. The van der Waals surface area contributed by atoms with Gasteiger partial charge in [-0.2, -0.15) is 5.26 Å². The van der Waals surface area contributed by atoms with Crippen LogP contribution in [0.1, 0.15) is 17.1 Å². The minimum atomic E-state index is 0.528. The Balaban J connectivity index is 2.10. The first kappa shape index (κ1) is 12.2. The number of benzene rings is 1. The van der Waals surface area contributed by atoms with Crippen molar-refractivity contribution in [3.8, 4) is 6.07 Å². The van der Waals surface area contributed by atoms with Crippen molar-refractivity contribution in [1.29, 1.82) is 5.26 Å². The molecule has 0 bridgehead atoms. The Bertz CT molecular complexity index is 843. The van der Waals surface area contributed by atoms with Crippen molar-refractivity contribution in [1.82, 2.24) is 14.5 Å². The molecule has 4 heteroatoms. The van der Waals surface area contributed by atoms with Crippen LogP contribution in [0, 0.1) is 18.3 Å². The number of allylic oxidation sites excluding steroid dienone is 1. The van der Waals surface area contributed by atoms with Crippen LogP contribution in [0.2, 0.25) is 0 Å². The lowest BCUT2D eigenvalue weighted by Crippen LogP contribution is -1.90. The van der Waals surface area contributed by atoms with Crippen LogP contribution in [0.3, 0.4) is 0 Å². The number of aromatic nitrogens is 3. The molecule has 0 aliphatic carbocycles. The van der Waals surface area contributed by atoms with Crippen LogP contribution in [0.25, 0.3) is 22.7 Å². The third-order valence-corrected chi connectivity index (χ3v) is 3.29. The van der Waals surface area contributed by atoms with Crippen molar-refractivity contribution < 1.29 is 0 Å². The zero-order valence-corrected chi connectivity index (χ0v) is 11.4. The molecule has 1 N–H and O–H groups in total. The summed E-state index contributed by atoms with van der Waals surface area (Å²) in [6, 6.07) is 12.1. The Labute approximate surface area is 117 Å². The highest BCUT2D eigenvalue weighted by Gasteiger charge is 2.08. The summed E-state index contributed by atoms with van der Waals surface area (Å²) in [7, 11) is 1.95. The molecule has 2 heterocycles. The first-order chi connectivity index (χ1) is 9.67. The van der Waals surface area contributed by atoms with Crippen LogP contribution in [-0.4, -0.2) is 14.5 Å². The number of aromatic amines is 1. The number of nitrogens with one attached hydrogen (secondary N) is 1. The Hall–Kier alpha value is -2.80. The molecule has 3 aromatic rings. The molecule has 0 aliphatic rings. The molecule has 2 aromatic heterocycles. The van der Waals surface area contributed by atoms with Crippen LogP contribution in [0.4, 0.5) is 0 Å². The standard InChI is InChI=1S/C16H14N4/c1-11-5-6-14-15(8-11)19-16(18-14)12(10-17)9-13-4-3-7-20(13)2/h3-9H,1-2H3,(H,18,19)/b12-9-. The monoisotopic (exact) mass is 262 g/mol. The third kappa shape index (κ3) is 2.10. The van der Waals surface area contributed by atoms with E-state index in [4.69, 9.17) is 0 Å². The summed E-state index contributed by atoms with van der Waals surface area (Å²) in [5.41, 5.74) is 4.49. The molecule has 0 radical (unpaired) electrons. The van der Waals surface area contributed by atoms with Gasteiger partial charge in [-0.3, -0.25) is 0 Å². The maximum absolute atomic E-state index is 9.36. The summed E-state index contributed by atoms with van der Waals surface area (Å²) in [5, 5.41) is 9.36. The highest BCUT2D eigenvalue weighted by Crippen LogP contribution is 2.20. The number of hydrogen-bond donors (Lipinski definition) is 1. The van der Waals surface area contributed by atoms with Gasteiger partial charge in [0, 0.05) is 18.9 Å². The van der Waals surface area contributed by atoms with E-state index in [2.05, 4.69) is 16.0 Å². The fourth-order valence-electron chi connectivity index (χ4n) is 2.18. The molecule has 0 fully saturated rings. The normalized spacial score (nSPS) is 11.8. The Morgan fingerprint density at radius 3 is 2.95 bits per heavy atom. The second kappa shape index (κ2) is 4.71. The number of H-pyrrole nitrogens is 1. The fourth-order valence-corrected chi connectivity index (χ4v) is 2.18. The summed E-state index contributed by atoms with van der Waals surface area (Å²) in [4.78, 5) is 7.69. The van der Waals surface area contributed by atoms with Crippen molar-refractivity contribution in [3.63, 3.8) is 0 Å². The molecule has 4 nitrogen and oxygen atoms in total.